The van der Waals surface area contributed by atoms with Crippen LogP contribution in [-0.4, -0.2) is 63.2 Å². The van der Waals surface area contributed by atoms with Gasteiger partial charge in [-0.3, -0.25) is 5.10 Å². The van der Waals surface area contributed by atoms with E-state index < -0.39 is 0 Å². The van der Waals surface area contributed by atoms with E-state index >= 15 is 0 Å². The van der Waals surface area contributed by atoms with Crippen molar-refractivity contribution in [2.45, 2.75) is 13.8 Å². The van der Waals surface area contributed by atoms with Gasteiger partial charge < -0.3 is 14.8 Å². The fraction of sp³-hybridized carbons (Fsp3) is 0.259. The van der Waals surface area contributed by atoms with Crippen molar-refractivity contribution in [2.75, 3.05) is 33.2 Å². The van der Waals surface area contributed by atoms with Gasteiger partial charge in [-0.05, 0) is 50.7 Å². The van der Waals surface area contributed by atoms with Crippen molar-refractivity contribution in [1.29, 1.82) is 0 Å². The van der Waals surface area contributed by atoms with Crippen LogP contribution in [0, 0.1) is 6.92 Å². The molecular formula is C27H32N6. The number of fused-ring (bicyclic) bond motifs is 1. The Morgan fingerprint density at radius 1 is 1.12 bits per heavy atom. The maximum Gasteiger partial charge on any atom is 0.135 e. The van der Waals surface area contributed by atoms with Crippen molar-refractivity contribution < 1.29 is 0 Å². The van der Waals surface area contributed by atoms with E-state index in [1.807, 2.05) is 43.4 Å². The summed E-state index contributed by atoms with van der Waals surface area (Å²) in [4.78, 5) is 13.3. The fourth-order valence-electron chi connectivity index (χ4n) is 4.22. The first-order valence-corrected chi connectivity index (χ1v) is 11.3. The summed E-state index contributed by atoms with van der Waals surface area (Å²) in [5, 5.41) is 7.74. The van der Waals surface area contributed by atoms with E-state index in [0.717, 1.165) is 65.6 Å². The summed E-state index contributed by atoms with van der Waals surface area (Å²) >= 11 is 0. The Balaban J connectivity index is 1.74. The van der Waals surface area contributed by atoms with E-state index in [1.54, 1.807) is 6.08 Å². The molecule has 0 atom stereocenters. The normalized spacial score (nSPS) is 16.2. The van der Waals surface area contributed by atoms with Crippen LogP contribution in [0.3, 0.4) is 0 Å². The van der Waals surface area contributed by atoms with Crippen LogP contribution in [-0.2, 0) is 0 Å². The van der Waals surface area contributed by atoms with Gasteiger partial charge >= 0.3 is 0 Å². The third kappa shape index (κ3) is 4.61. The number of allylic oxidation sites excluding steroid dienone is 7. The van der Waals surface area contributed by atoms with Crippen LogP contribution in [0.5, 0.6) is 0 Å². The first-order valence-electron chi connectivity index (χ1n) is 11.3. The number of piperazine rings is 1. The van der Waals surface area contributed by atoms with E-state index in [9.17, 15) is 0 Å². The van der Waals surface area contributed by atoms with Gasteiger partial charge in [0.2, 0.25) is 0 Å². The summed E-state index contributed by atoms with van der Waals surface area (Å²) in [6, 6.07) is 6.22. The molecule has 1 aliphatic heterocycles. The summed E-state index contributed by atoms with van der Waals surface area (Å²) < 4.78 is 0. The zero-order valence-electron chi connectivity index (χ0n) is 19.7. The average molecular weight is 441 g/mol. The lowest BCUT2D eigenvalue weighted by Crippen LogP contribution is -2.43. The molecule has 1 fully saturated rings. The number of aromatic amines is 2. The molecule has 3 aromatic heterocycles. The zero-order valence-corrected chi connectivity index (χ0v) is 19.7. The highest BCUT2D eigenvalue weighted by molar-refractivity contribution is 5.91. The second-order valence-electron chi connectivity index (χ2n) is 8.30. The lowest BCUT2D eigenvalue weighted by atomic mass is 10.1. The molecule has 0 aromatic carbocycles. The first kappa shape index (κ1) is 22.6. The average Bonchev–Trinajstić information content (AvgIpc) is 3.41. The second-order valence-corrected chi connectivity index (χ2v) is 8.30. The fourth-order valence-corrected chi connectivity index (χ4v) is 4.22. The minimum atomic E-state index is 0.820. The molecule has 0 amide bonds. The van der Waals surface area contributed by atoms with Gasteiger partial charge in [-0.15, -0.1) is 0 Å². The molecule has 1 saturated heterocycles. The van der Waals surface area contributed by atoms with E-state index in [-0.39, 0.29) is 0 Å². The Bertz CT molecular complexity index is 1240. The third-order valence-corrected chi connectivity index (χ3v) is 6.09. The van der Waals surface area contributed by atoms with Crippen LogP contribution in [0.4, 0.5) is 0 Å². The van der Waals surface area contributed by atoms with Crippen LogP contribution in [0.25, 0.3) is 33.7 Å². The summed E-state index contributed by atoms with van der Waals surface area (Å²) in [5.74, 6) is 0. The van der Waals surface area contributed by atoms with Crippen molar-refractivity contribution in [3.8, 4) is 11.4 Å². The summed E-state index contributed by atoms with van der Waals surface area (Å²) in [7, 11) is 2.17. The van der Waals surface area contributed by atoms with Gasteiger partial charge in [0.1, 0.15) is 11.2 Å². The van der Waals surface area contributed by atoms with Crippen LogP contribution < -0.4 is 0 Å². The molecule has 0 unspecified atom stereocenters. The minimum Gasteiger partial charge on any atom is -0.368 e. The standard InChI is InChI=1S/C27H32N6/c1-6-9-11-20(8-3)22-12-13-23-26(29-22)27(31-30-23)24-18-21(19(4)28-24)25(10-7-2)33-16-14-32(5)15-17-33/h6-13,18,28H,1-2,14-17H2,3-5H3,(H,30,31)/b11-9-,20-8+,25-10+. The molecule has 6 nitrogen and oxygen atoms in total. The molecule has 0 radical (unpaired) electrons. The largest absolute Gasteiger partial charge is 0.368 e. The number of hydrogen-bond donors (Lipinski definition) is 2. The molecule has 4 heterocycles. The second kappa shape index (κ2) is 9.88. The predicted molar refractivity (Wildman–Crippen MR) is 139 cm³/mol. The summed E-state index contributed by atoms with van der Waals surface area (Å²) in [5.41, 5.74) is 8.94. The van der Waals surface area contributed by atoms with Crippen molar-refractivity contribution in [3.63, 3.8) is 0 Å². The Morgan fingerprint density at radius 2 is 1.91 bits per heavy atom. The first-order chi connectivity index (χ1) is 16.0. The van der Waals surface area contributed by atoms with Crippen LogP contribution >= 0.6 is 0 Å². The molecule has 6 heteroatoms. The predicted octanol–water partition coefficient (Wildman–Crippen LogP) is 5.18. The van der Waals surface area contributed by atoms with Gasteiger partial charge in [-0.1, -0.05) is 43.5 Å². The number of aryl methyl sites for hydroxylation is 1. The van der Waals surface area contributed by atoms with Crippen LogP contribution in [0.2, 0.25) is 0 Å². The van der Waals surface area contributed by atoms with Gasteiger partial charge in [0.05, 0.1) is 16.9 Å². The molecular weight excluding hydrogens is 408 g/mol. The number of aromatic nitrogens is 4. The third-order valence-electron chi connectivity index (χ3n) is 6.09. The number of pyridine rings is 1. The van der Waals surface area contributed by atoms with Crippen LogP contribution in [0.1, 0.15) is 23.9 Å². The number of rotatable bonds is 7. The Morgan fingerprint density at radius 3 is 2.61 bits per heavy atom. The number of nitrogens with zero attached hydrogens (tertiary/aromatic N) is 4. The van der Waals surface area contributed by atoms with E-state index in [1.165, 1.54) is 11.3 Å². The van der Waals surface area contributed by atoms with Crippen molar-refractivity contribution in [3.05, 3.63) is 84.8 Å². The maximum absolute atomic E-state index is 4.94. The van der Waals surface area contributed by atoms with E-state index in [2.05, 4.69) is 64.3 Å². The summed E-state index contributed by atoms with van der Waals surface area (Å²) in [6.45, 7) is 15.9. The van der Waals surface area contributed by atoms with Crippen molar-refractivity contribution in [1.82, 2.24) is 30.0 Å². The molecule has 33 heavy (non-hydrogen) atoms. The SMILES string of the molecule is C=C/C=C\C(=C/C)c1ccc2[nH]nc(-c3cc(/C(=C\C=C)N4CCN(C)CC4)c(C)[nH]3)c2n1. The van der Waals surface area contributed by atoms with Gasteiger partial charge in [-0.2, -0.15) is 5.10 Å². The summed E-state index contributed by atoms with van der Waals surface area (Å²) in [6.07, 6.45) is 11.7. The molecule has 0 spiro atoms. The smallest absolute Gasteiger partial charge is 0.135 e. The molecule has 170 valence electrons. The van der Waals surface area contributed by atoms with Gasteiger partial charge in [-0.25, -0.2) is 4.98 Å². The number of likely N-dealkylation sites (N-methyl/N-ethyl adjacent to an activating group) is 1. The number of nitrogens with one attached hydrogen (secondary N) is 2. The van der Waals surface area contributed by atoms with Crippen LogP contribution in [0.15, 0.2) is 67.8 Å². The van der Waals surface area contributed by atoms with Gasteiger partial charge in [0.25, 0.3) is 0 Å². The maximum atomic E-state index is 4.94. The Labute approximate surface area is 195 Å². The van der Waals surface area contributed by atoms with Gasteiger partial charge in [0.15, 0.2) is 0 Å². The molecule has 1 aliphatic rings. The monoisotopic (exact) mass is 440 g/mol. The number of hydrogen-bond acceptors (Lipinski definition) is 4. The van der Waals surface area contributed by atoms with Crippen molar-refractivity contribution >= 4 is 22.3 Å². The zero-order chi connectivity index (χ0) is 23.4. The minimum absolute atomic E-state index is 0.820. The highest BCUT2D eigenvalue weighted by atomic mass is 15.3. The lowest BCUT2D eigenvalue weighted by Gasteiger charge is -2.35. The van der Waals surface area contributed by atoms with E-state index in [4.69, 9.17) is 4.98 Å². The van der Waals surface area contributed by atoms with E-state index in [0.29, 0.717) is 0 Å². The molecule has 3 aromatic rings. The highest BCUT2D eigenvalue weighted by Crippen LogP contribution is 2.31. The van der Waals surface area contributed by atoms with Gasteiger partial charge in [0, 0.05) is 43.1 Å². The molecule has 4 rings (SSSR count). The quantitative estimate of drug-likeness (QED) is 0.497. The topological polar surface area (TPSA) is 63.8 Å². The Hall–Kier alpha value is -3.64. The molecule has 0 saturated carbocycles. The molecule has 2 N–H and O–H groups in total. The highest BCUT2D eigenvalue weighted by Gasteiger charge is 2.21. The molecule has 0 aliphatic carbocycles. The molecule has 0 bridgehead atoms. The van der Waals surface area contributed by atoms with Crippen molar-refractivity contribution in [2.24, 2.45) is 0 Å². The Kier molecular flexibility index (Phi) is 6.75. The number of H-pyrrole nitrogens is 2. The lowest BCUT2D eigenvalue weighted by molar-refractivity contribution is 0.207.